The van der Waals surface area contributed by atoms with Crippen LogP contribution in [0.25, 0.3) is 0 Å². The van der Waals surface area contributed by atoms with Gasteiger partial charge in [-0.25, -0.2) is 0 Å². The van der Waals surface area contributed by atoms with Crippen LogP contribution in [0, 0.1) is 5.92 Å². The second kappa shape index (κ2) is 10.2. The van der Waals surface area contributed by atoms with E-state index in [1.165, 1.54) is 31.2 Å². The number of benzene rings is 1. The van der Waals surface area contributed by atoms with Crippen molar-refractivity contribution in [3.63, 3.8) is 0 Å². The molecule has 1 fully saturated rings. The Balaban J connectivity index is 0.00000225. The van der Waals surface area contributed by atoms with Gasteiger partial charge >= 0.3 is 0 Å². The fraction of sp³-hybridized carbons (Fsp3) is 0.571. The van der Waals surface area contributed by atoms with Gasteiger partial charge in [0.05, 0.1) is 6.54 Å². The summed E-state index contributed by atoms with van der Waals surface area (Å²) in [7, 11) is 1.87. The number of nitrogens with zero attached hydrogens (tertiary/aromatic N) is 5. The van der Waals surface area contributed by atoms with E-state index in [1.807, 2.05) is 7.05 Å². The maximum atomic E-state index is 4.52. The summed E-state index contributed by atoms with van der Waals surface area (Å²) >= 11 is 0. The van der Waals surface area contributed by atoms with Crippen molar-refractivity contribution < 1.29 is 0 Å². The van der Waals surface area contributed by atoms with Crippen molar-refractivity contribution >= 4 is 29.9 Å². The molecular formula is C21H31IN6. The molecule has 4 rings (SSSR count). The van der Waals surface area contributed by atoms with Crippen LogP contribution in [0.4, 0.5) is 0 Å². The molecule has 2 aromatic rings. The van der Waals surface area contributed by atoms with Crippen molar-refractivity contribution in [1.82, 2.24) is 25.0 Å². The van der Waals surface area contributed by atoms with Gasteiger partial charge in [-0.2, -0.15) is 0 Å². The molecule has 152 valence electrons. The number of fused-ring (bicyclic) bond motifs is 1. The first-order valence-corrected chi connectivity index (χ1v) is 10.2. The highest BCUT2D eigenvalue weighted by Gasteiger charge is 2.25. The lowest BCUT2D eigenvalue weighted by Crippen LogP contribution is -2.40. The summed E-state index contributed by atoms with van der Waals surface area (Å²) in [6.45, 7) is 3.86. The Labute approximate surface area is 184 Å². The van der Waals surface area contributed by atoms with Gasteiger partial charge in [-0.15, -0.1) is 34.2 Å². The van der Waals surface area contributed by atoms with Gasteiger partial charge < -0.3 is 14.8 Å². The third-order valence-corrected chi connectivity index (χ3v) is 5.76. The Bertz CT molecular complexity index is 772. The SMILES string of the molecule is CN=C(NCc1nnc2n1CCCCC2)N1CCC(Cc2ccccc2)C1.I. The highest BCUT2D eigenvalue weighted by atomic mass is 127. The average molecular weight is 494 g/mol. The number of guanidine groups is 1. The van der Waals surface area contributed by atoms with E-state index in [1.54, 1.807) is 0 Å². The van der Waals surface area contributed by atoms with E-state index in [-0.39, 0.29) is 24.0 Å². The molecule has 1 atom stereocenters. The molecule has 0 aliphatic carbocycles. The molecule has 0 spiro atoms. The van der Waals surface area contributed by atoms with Crippen molar-refractivity contribution in [2.75, 3.05) is 20.1 Å². The van der Waals surface area contributed by atoms with E-state index in [0.717, 1.165) is 50.1 Å². The number of halogens is 1. The highest BCUT2D eigenvalue weighted by molar-refractivity contribution is 14.0. The number of hydrogen-bond donors (Lipinski definition) is 1. The van der Waals surface area contributed by atoms with Gasteiger partial charge in [0.1, 0.15) is 5.82 Å². The molecule has 0 saturated carbocycles. The molecule has 28 heavy (non-hydrogen) atoms. The second-order valence-corrected chi connectivity index (χ2v) is 7.69. The summed E-state index contributed by atoms with van der Waals surface area (Å²) in [5.74, 6) is 3.85. The molecule has 0 bridgehead atoms. The molecule has 1 aromatic carbocycles. The third-order valence-electron chi connectivity index (χ3n) is 5.76. The van der Waals surface area contributed by atoms with Crippen LogP contribution in [0.3, 0.4) is 0 Å². The zero-order chi connectivity index (χ0) is 18.5. The lowest BCUT2D eigenvalue weighted by atomic mass is 9.99. The molecule has 1 unspecified atom stereocenters. The van der Waals surface area contributed by atoms with Crippen molar-refractivity contribution in [2.45, 2.75) is 51.6 Å². The second-order valence-electron chi connectivity index (χ2n) is 7.69. The Kier molecular flexibility index (Phi) is 7.70. The summed E-state index contributed by atoms with van der Waals surface area (Å²) in [6, 6.07) is 10.8. The molecule has 1 saturated heterocycles. The monoisotopic (exact) mass is 494 g/mol. The van der Waals surface area contributed by atoms with E-state index in [9.17, 15) is 0 Å². The van der Waals surface area contributed by atoms with Crippen LogP contribution in [0.1, 0.15) is 42.9 Å². The molecule has 0 radical (unpaired) electrons. The van der Waals surface area contributed by atoms with E-state index in [4.69, 9.17) is 0 Å². The third kappa shape index (κ3) is 5.04. The summed E-state index contributed by atoms with van der Waals surface area (Å²) in [4.78, 5) is 6.90. The minimum Gasteiger partial charge on any atom is -0.349 e. The van der Waals surface area contributed by atoms with Crippen LogP contribution < -0.4 is 5.32 Å². The molecule has 1 aromatic heterocycles. The smallest absolute Gasteiger partial charge is 0.194 e. The van der Waals surface area contributed by atoms with Gasteiger partial charge in [0, 0.05) is 33.1 Å². The number of nitrogens with one attached hydrogen (secondary N) is 1. The van der Waals surface area contributed by atoms with Crippen LogP contribution in [0.2, 0.25) is 0 Å². The summed E-state index contributed by atoms with van der Waals surface area (Å²) in [6.07, 6.45) is 7.15. The van der Waals surface area contributed by atoms with E-state index in [0.29, 0.717) is 12.5 Å². The lowest BCUT2D eigenvalue weighted by molar-refractivity contribution is 0.457. The van der Waals surface area contributed by atoms with Crippen molar-refractivity contribution in [2.24, 2.45) is 10.9 Å². The molecule has 1 N–H and O–H groups in total. The van der Waals surface area contributed by atoms with Gasteiger partial charge in [-0.05, 0) is 37.2 Å². The van der Waals surface area contributed by atoms with Gasteiger partial charge in [-0.3, -0.25) is 4.99 Å². The zero-order valence-electron chi connectivity index (χ0n) is 16.7. The van der Waals surface area contributed by atoms with Gasteiger partial charge in [0.25, 0.3) is 0 Å². The van der Waals surface area contributed by atoms with Crippen molar-refractivity contribution in [1.29, 1.82) is 0 Å². The number of aromatic nitrogens is 3. The molecule has 0 amide bonds. The summed E-state index contributed by atoms with van der Waals surface area (Å²) in [5.41, 5.74) is 1.43. The minimum absolute atomic E-state index is 0. The Hall–Kier alpha value is -1.64. The standard InChI is InChI=1S/C21H30N6.HI/c1-22-21(23-15-20-25-24-19-10-6-3-7-12-27(19)20)26-13-11-18(16-26)14-17-8-4-2-5-9-17;/h2,4-5,8-9,18H,3,6-7,10-16H2,1H3,(H,22,23);1H. The number of rotatable bonds is 4. The largest absolute Gasteiger partial charge is 0.349 e. The Morgan fingerprint density at radius 3 is 2.82 bits per heavy atom. The van der Waals surface area contributed by atoms with Crippen LogP contribution in [-0.4, -0.2) is 45.8 Å². The average Bonchev–Trinajstić information content (AvgIpc) is 3.23. The molecule has 2 aliphatic heterocycles. The number of aliphatic imine (C=N–C) groups is 1. The predicted octanol–water partition coefficient (Wildman–Crippen LogP) is 3.26. The lowest BCUT2D eigenvalue weighted by Gasteiger charge is -2.21. The van der Waals surface area contributed by atoms with E-state index in [2.05, 4.69) is 60.3 Å². The predicted molar refractivity (Wildman–Crippen MR) is 123 cm³/mol. The summed E-state index contributed by atoms with van der Waals surface area (Å²) in [5, 5.41) is 12.3. The van der Waals surface area contributed by atoms with Gasteiger partial charge in [0.15, 0.2) is 11.8 Å². The number of aryl methyl sites for hydroxylation is 1. The fourth-order valence-corrected chi connectivity index (χ4v) is 4.31. The normalized spacial score (nSPS) is 19.7. The first kappa shape index (κ1) is 21.1. The first-order valence-electron chi connectivity index (χ1n) is 10.2. The number of likely N-dealkylation sites (tertiary alicyclic amines) is 1. The van der Waals surface area contributed by atoms with Gasteiger partial charge in [0.2, 0.25) is 0 Å². The quantitative estimate of drug-likeness (QED) is 0.403. The van der Waals surface area contributed by atoms with Crippen molar-refractivity contribution in [3.05, 3.63) is 47.5 Å². The molecule has 6 nitrogen and oxygen atoms in total. The minimum atomic E-state index is 0. The van der Waals surface area contributed by atoms with Gasteiger partial charge in [-0.1, -0.05) is 36.8 Å². The maximum absolute atomic E-state index is 4.52. The van der Waals surface area contributed by atoms with Crippen LogP contribution in [0.5, 0.6) is 0 Å². The molecule has 3 heterocycles. The molecular weight excluding hydrogens is 463 g/mol. The maximum Gasteiger partial charge on any atom is 0.194 e. The topological polar surface area (TPSA) is 58.3 Å². The van der Waals surface area contributed by atoms with Crippen LogP contribution >= 0.6 is 24.0 Å². The summed E-state index contributed by atoms with van der Waals surface area (Å²) < 4.78 is 2.30. The number of hydrogen-bond acceptors (Lipinski definition) is 3. The molecule has 2 aliphatic rings. The zero-order valence-corrected chi connectivity index (χ0v) is 19.0. The van der Waals surface area contributed by atoms with E-state index < -0.39 is 0 Å². The fourth-order valence-electron chi connectivity index (χ4n) is 4.31. The Morgan fingerprint density at radius 1 is 1.14 bits per heavy atom. The highest BCUT2D eigenvalue weighted by Crippen LogP contribution is 2.21. The molecule has 7 heteroatoms. The van der Waals surface area contributed by atoms with Crippen molar-refractivity contribution in [3.8, 4) is 0 Å². The van der Waals surface area contributed by atoms with Crippen LogP contribution in [0.15, 0.2) is 35.3 Å². The van der Waals surface area contributed by atoms with E-state index >= 15 is 0 Å². The Morgan fingerprint density at radius 2 is 2.00 bits per heavy atom. The first-order chi connectivity index (χ1) is 13.3. The van der Waals surface area contributed by atoms with Crippen LogP contribution in [-0.2, 0) is 25.9 Å².